The first-order valence-electron chi connectivity index (χ1n) is 11.9. The topological polar surface area (TPSA) is 65.8 Å². The molecule has 1 aliphatic rings. The van der Waals surface area contributed by atoms with Crippen LogP contribution in [0.25, 0.3) is 10.9 Å². The lowest BCUT2D eigenvalue weighted by Crippen LogP contribution is -2.42. The Labute approximate surface area is 220 Å². The summed E-state index contributed by atoms with van der Waals surface area (Å²) in [7, 11) is 1.59. The Kier molecular flexibility index (Phi) is 8.71. The van der Waals surface area contributed by atoms with E-state index in [2.05, 4.69) is 21.7 Å². The third-order valence-corrected chi connectivity index (χ3v) is 7.66. The van der Waals surface area contributed by atoms with Gasteiger partial charge in [-0.25, -0.2) is 4.39 Å². The summed E-state index contributed by atoms with van der Waals surface area (Å²) in [5, 5.41) is 22.6. The van der Waals surface area contributed by atoms with Gasteiger partial charge in [0.15, 0.2) is 0 Å². The highest BCUT2D eigenvalue weighted by Gasteiger charge is 2.34. The first-order chi connectivity index (χ1) is 17.3. The van der Waals surface area contributed by atoms with E-state index in [1.807, 2.05) is 18.2 Å². The van der Waals surface area contributed by atoms with Gasteiger partial charge in [0.05, 0.1) is 35.3 Å². The minimum absolute atomic E-state index is 0.0575. The van der Waals surface area contributed by atoms with Gasteiger partial charge < -0.3 is 14.9 Å². The van der Waals surface area contributed by atoms with Crippen molar-refractivity contribution in [1.29, 1.82) is 0 Å². The van der Waals surface area contributed by atoms with Crippen LogP contribution in [0.3, 0.4) is 0 Å². The number of methoxy groups -OCH3 is 1. The maximum atomic E-state index is 13.6. The first kappa shape index (κ1) is 26.7. The van der Waals surface area contributed by atoms with Gasteiger partial charge in [-0.05, 0) is 80.6 Å². The summed E-state index contributed by atoms with van der Waals surface area (Å²) < 4.78 is 18.9. The molecule has 36 heavy (non-hydrogen) atoms. The molecule has 1 atom stereocenters. The molecule has 8 heteroatoms. The summed E-state index contributed by atoms with van der Waals surface area (Å²) >= 11 is 12.2. The predicted octanol–water partition coefficient (Wildman–Crippen LogP) is 5.63. The molecule has 1 aromatic heterocycles. The smallest absolute Gasteiger partial charge is 0.143 e. The number of aliphatic hydroxyl groups is 2. The average molecular weight is 531 g/mol. The molecule has 3 aromatic rings. The van der Waals surface area contributed by atoms with Crippen molar-refractivity contribution in [3.05, 3.63) is 69.6 Å². The molecule has 190 valence electrons. The summed E-state index contributed by atoms with van der Waals surface area (Å²) in [4.78, 5) is 6.58. The van der Waals surface area contributed by atoms with Crippen molar-refractivity contribution in [2.24, 2.45) is 5.41 Å². The average Bonchev–Trinajstić information content (AvgIpc) is 2.89. The molecule has 5 nitrogen and oxygen atoms in total. The molecule has 0 amide bonds. The molecule has 0 spiro atoms. The molecule has 2 aromatic carbocycles. The van der Waals surface area contributed by atoms with Crippen LogP contribution in [-0.4, -0.2) is 53.4 Å². The van der Waals surface area contributed by atoms with Crippen LogP contribution >= 0.6 is 23.2 Å². The van der Waals surface area contributed by atoms with E-state index in [1.165, 1.54) is 12.1 Å². The van der Waals surface area contributed by atoms with Gasteiger partial charge in [0.1, 0.15) is 11.6 Å². The summed E-state index contributed by atoms with van der Waals surface area (Å²) in [6.07, 6.45) is 3.51. The highest BCUT2D eigenvalue weighted by molar-refractivity contribution is 6.32. The molecule has 1 aliphatic heterocycles. The van der Waals surface area contributed by atoms with Crippen molar-refractivity contribution in [2.45, 2.75) is 31.8 Å². The van der Waals surface area contributed by atoms with Crippen LogP contribution in [0, 0.1) is 23.1 Å². The lowest BCUT2D eigenvalue weighted by Gasteiger charge is -2.40. The number of likely N-dealkylation sites (tertiary alicyclic amines) is 1. The van der Waals surface area contributed by atoms with Gasteiger partial charge in [0, 0.05) is 29.3 Å². The van der Waals surface area contributed by atoms with E-state index < -0.39 is 11.9 Å². The van der Waals surface area contributed by atoms with Gasteiger partial charge >= 0.3 is 0 Å². The summed E-state index contributed by atoms with van der Waals surface area (Å²) in [5.41, 5.74) is 1.70. The fourth-order valence-electron chi connectivity index (χ4n) is 4.72. The van der Waals surface area contributed by atoms with Gasteiger partial charge in [-0.3, -0.25) is 9.88 Å². The van der Waals surface area contributed by atoms with E-state index in [9.17, 15) is 14.6 Å². The van der Waals surface area contributed by atoms with Crippen LogP contribution in [0.5, 0.6) is 5.75 Å². The quantitative estimate of drug-likeness (QED) is 0.387. The van der Waals surface area contributed by atoms with Crippen LogP contribution in [0.2, 0.25) is 10.0 Å². The number of halogens is 3. The molecule has 2 heterocycles. The lowest BCUT2D eigenvalue weighted by molar-refractivity contribution is 0.0273. The molecule has 1 saturated heterocycles. The van der Waals surface area contributed by atoms with E-state index >= 15 is 0 Å². The van der Waals surface area contributed by atoms with Gasteiger partial charge in [0.2, 0.25) is 0 Å². The number of hydrogen-bond donors (Lipinski definition) is 2. The molecule has 0 saturated carbocycles. The predicted molar refractivity (Wildman–Crippen MR) is 141 cm³/mol. The maximum absolute atomic E-state index is 13.6. The van der Waals surface area contributed by atoms with E-state index in [0.29, 0.717) is 41.3 Å². The molecule has 1 fully saturated rings. The van der Waals surface area contributed by atoms with Crippen LogP contribution in [0.15, 0.2) is 42.6 Å². The Morgan fingerprint density at radius 1 is 1.17 bits per heavy atom. The Morgan fingerprint density at radius 3 is 2.64 bits per heavy atom. The number of rotatable bonds is 7. The fourth-order valence-corrected chi connectivity index (χ4v) is 5.11. The van der Waals surface area contributed by atoms with Crippen molar-refractivity contribution >= 4 is 34.1 Å². The third-order valence-electron chi connectivity index (χ3n) is 7.06. The number of piperidine rings is 1. The minimum Gasteiger partial charge on any atom is -0.497 e. The van der Waals surface area contributed by atoms with Crippen LogP contribution in [-0.2, 0) is 0 Å². The highest BCUT2D eigenvalue weighted by Crippen LogP contribution is 2.40. The van der Waals surface area contributed by atoms with E-state index in [-0.39, 0.29) is 17.0 Å². The number of ether oxygens (including phenoxy) is 1. The zero-order chi connectivity index (χ0) is 25.7. The van der Waals surface area contributed by atoms with Gasteiger partial charge in [-0.15, -0.1) is 0 Å². The largest absolute Gasteiger partial charge is 0.497 e. The van der Waals surface area contributed by atoms with Gasteiger partial charge in [-0.2, -0.15) is 0 Å². The molecular weight excluding hydrogens is 502 g/mol. The van der Waals surface area contributed by atoms with Crippen LogP contribution in [0.1, 0.15) is 42.9 Å². The van der Waals surface area contributed by atoms with Crippen LogP contribution in [0.4, 0.5) is 4.39 Å². The molecule has 2 N–H and O–H groups in total. The summed E-state index contributed by atoms with van der Waals surface area (Å²) in [6.45, 7) is 2.20. The molecule has 0 bridgehead atoms. The second-order valence-corrected chi connectivity index (χ2v) is 10.1. The number of aliphatic hydroxyl groups excluding tert-OH is 2. The zero-order valence-corrected chi connectivity index (χ0v) is 21.6. The van der Waals surface area contributed by atoms with E-state index in [4.69, 9.17) is 27.9 Å². The SMILES string of the molecule is COc1ccc2ncc(Cl)c(C(O)CCC3(CO)CCN(CC#Cc4ccc(Cl)c(F)c4)CC3)c2c1. The maximum Gasteiger partial charge on any atom is 0.143 e. The summed E-state index contributed by atoms with van der Waals surface area (Å²) in [5.74, 6) is 6.28. The van der Waals surface area contributed by atoms with Gasteiger partial charge in [-0.1, -0.05) is 35.0 Å². The normalized spacial score (nSPS) is 16.4. The minimum atomic E-state index is -0.790. The van der Waals surface area contributed by atoms with Crippen molar-refractivity contribution in [1.82, 2.24) is 9.88 Å². The van der Waals surface area contributed by atoms with Crippen molar-refractivity contribution in [2.75, 3.05) is 33.4 Å². The standard InChI is InChI=1S/C28H29Cl2FN2O3/c1-36-20-5-7-25-21(16-20)27(23(30)17-32-25)26(35)8-9-28(18-34)10-13-33(14-11-28)12-2-3-19-4-6-22(29)24(31)15-19/h4-7,15-17,26,34-35H,8-14,18H2,1H3. The summed E-state index contributed by atoms with van der Waals surface area (Å²) in [6, 6.07) is 10.0. The van der Waals surface area contributed by atoms with Crippen LogP contribution < -0.4 is 4.74 Å². The fraction of sp³-hybridized carbons (Fsp3) is 0.393. The number of hydrogen-bond acceptors (Lipinski definition) is 5. The Balaban J connectivity index is 1.37. The molecule has 1 unspecified atom stereocenters. The van der Waals surface area contributed by atoms with E-state index in [0.717, 1.165) is 36.8 Å². The first-order valence-corrected chi connectivity index (χ1v) is 12.7. The Hall–Kier alpha value is -2.40. The highest BCUT2D eigenvalue weighted by atomic mass is 35.5. The van der Waals surface area contributed by atoms with Gasteiger partial charge in [0.25, 0.3) is 0 Å². The number of pyridine rings is 1. The van der Waals surface area contributed by atoms with E-state index in [1.54, 1.807) is 19.4 Å². The van der Waals surface area contributed by atoms with Crippen molar-refractivity contribution in [3.63, 3.8) is 0 Å². The monoisotopic (exact) mass is 530 g/mol. The van der Waals surface area contributed by atoms with Crippen molar-refractivity contribution in [3.8, 4) is 17.6 Å². The molecule has 4 rings (SSSR count). The molecule has 0 radical (unpaired) electrons. The molecular formula is C28H29Cl2FN2O3. The second kappa shape index (κ2) is 11.8. The molecule has 0 aliphatic carbocycles. The van der Waals surface area contributed by atoms with Crippen molar-refractivity contribution < 1.29 is 19.3 Å². The Morgan fingerprint density at radius 2 is 1.94 bits per heavy atom. The Bertz CT molecular complexity index is 1280. The number of aromatic nitrogens is 1. The lowest BCUT2D eigenvalue weighted by atomic mass is 9.74. The zero-order valence-electron chi connectivity index (χ0n) is 20.1. The number of nitrogens with zero attached hydrogens (tertiary/aromatic N) is 2. The second-order valence-electron chi connectivity index (χ2n) is 9.32. The number of fused-ring (bicyclic) bond motifs is 1. The third kappa shape index (κ3) is 6.11. The number of benzene rings is 2.